The van der Waals surface area contributed by atoms with Gasteiger partial charge in [-0.25, -0.2) is 0 Å². The number of fused-ring (bicyclic) bond motifs is 5. The second-order valence-electron chi connectivity index (χ2n) is 5.82. The summed E-state index contributed by atoms with van der Waals surface area (Å²) in [5.41, 5.74) is 2.41. The highest BCUT2D eigenvalue weighted by Gasteiger charge is 2.29. The molecule has 100 valence electrons. The molecule has 4 heterocycles. The molecule has 3 fully saturated rings. The van der Waals surface area contributed by atoms with Crippen LogP contribution >= 0.6 is 11.6 Å². The van der Waals surface area contributed by atoms with Gasteiger partial charge in [0.15, 0.2) is 0 Å². The first-order chi connectivity index (χ1) is 9.29. The van der Waals surface area contributed by atoms with Gasteiger partial charge in [-0.1, -0.05) is 11.6 Å². The van der Waals surface area contributed by atoms with Crippen LogP contribution in [0, 0.1) is 5.92 Å². The fourth-order valence-electron chi connectivity index (χ4n) is 3.51. The van der Waals surface area contributed by atoms with Gasteiger partial charge in [-0.2, -0.15) is 0 Å². The minimum absolute atomic E-state index is 0.631. The Hall–Kier alpha value is -1.19. The number of halogens is 1. The minimum Gasteiger partial charge on any atom is -0.369 e. The van der Waals surface area contributed by atoms with Gasteiger partial charge in [0.1, 0.15) is 0 Å². The molecule has 2 aromatic rings. The van der Waals surface area contributed by atoms with E-state index in [0.717, 1.165) is 36.1 Å². The van der Waals surface area contributed by atoms with Crippen molar-refractivity contribution in [3.05, 3.63) is 29.4 Å². The summed E-state index contributed by atoms with van der Waals surface area (Å²) >= 11 is 6.27. The number of hydrogen-bond donors (Lipinski definition) is 2. The first-order valence-electron chi connectivity index (χ1n) is 7.04. The summed E-state index contributed by atoms with van der Waals surface area (Å²) in [4.78, 5) is 5.79. The Morgan fingerprint density at radius 2 is 2.16 bits per heavy atom. The quantitative estimate of drug-likeness (QED) is 0.838. The van der Waals surface area contributed by atoms with Gasteiger partial charge >= 0.3 is 0 Å². The molecule has 2 N–H and O–H groups in total. The molecule has 3 aliphatic rings. The van der Waals surface area contributed by atoms with Crippen molar-refractivity contribution in [2.24, 2.45) is 5.92 Å². The van der Waals surface area contributed by atoms with Gasteiger partial charge < -0.3 is 15.2 Å². The highest BCUT2D eigenvalue weighted by Crippen LogP contribution is 2.33. The summed E-state index contributed by atoms with van der Waals surface area (Å²) < 4.78 is 0. The van der Waals surface area contributed by atoms with Crippen LogP contribution in [0.3, 0.4) is 0 Å². The monoisotopic (exact) mass is 275 g/mol. The fraction of sp³-hybridized carbons (Fsp3) is 0.467. The lowest BCUT2D eigenvalue weighted by Crippen LogP contribution is -2.39. The second kappa shape index (κ2) is 4.43. The van der Waals surface area contributed by atoms with Crippen molar-refractivity contribution in [1.29, 1.82) is 0 Å². The second-order valence-corrected chi connectivity index (χ2v) is 6.25. The zero-order chi connectivity index (χ0) is 12.8. The third-order valence-electron chi connectivity index (χ3n) is 4.49. The SMILES string of the molecule is Clc1cc(N2C[C@H]3CC[C@@H](C2)NC3)c2cc[nH]c2c1. The van der Waals surface area contributed by atoms with E-state index >= 15 is 0 Å². The van der Waals surface area contributed by atoms with Crippen LogP contribution < -0.4 is 10.2 Å². The first-order valence-corrected chi connectivity index (χ1v) is 7.42. The molecule has 3 aliphatic heterocycles. The summed E-state index contributed by atoms with van der Waals surface area (Å²) in [6.45, 7) is 3.40. The smallest absolute Gasteiger partial charge is 0.0489 e. The van der Waals surface area contributed by atoms with E-state index in [1.807, 2.05) is 12.3 Å². The molecule has 1 aromatic heterocycles. The van der Waals surface area contributed by atoms with E-state index < -0.39 is 0 Å². The Morgan fingerprint density at radius 3 is 3.00 bits per heavy atom. The summed E-state index contributed by atoms with van der Waals surface area (Å²) in [5, 5.41) is 5.75. The number of anilines is 1. The molecule has 3 saturated heterocycles. The van der Waals surface area contributed by atoms with Crippen LogP contribution in [0.4, 0.5) is 5.69 Å². The van der Waals surface area contributed by atoms with Crippen molar-refractivity contribution in [3.8, 4) is 0 Å². The lowest BCUT2D eigenvalue weighted by atomic mass is 9.97. The van der Waals surface area contributed by atoms with Crippen molar-refractivity contribution >= 4 is 28.2 Å². The van der Waals surface area contributed by atoms with Crippen LogP contribution in [0.25, 0.3) is 10.9 Å². The highest BCUT2D eigenvalue weighted by molar-refractivity contribution is 6.31. The van der Waals surface area contributed by atoms with Crippen molar-refractivity contribution in [2.75, 3.05) is 24.5 Å². The summed E-state index contributed by atoms with van der Waals surface area (Å²) in [6, 6.07) is 6.90. The van der Waals surface area contributed by atoms with E-state index in [4.69, 9.17) is 11.6 Å². The van der Waals surface area contributed by atoms with Gasteiger partial charge in [0.25, 0.3) is 0 Å². The third-order valence-corrected chi connectivity index (χ3v) is 4.71. The highest BCUT2D eigenvalue weighted by atomic mass is 35.5. The predicted octanol–water partition coefficient (Wildman–Crippen LogP) is 3.01. The zero-order valence-electron chi connectivity index (χ0n) is 10.8. The molecule has 0 radical (unpaired) electrons. The van der Waals surface area contributed by atoms with E-state index in [0.29, 0.717) is 6.04 Å². The maximum atomic E-state index is 6.27. The van der Waals surface area contributed by atoms with Crippen LogP contribution in [-0.2, 0) is 0 Å². The summed E-state index contributed by atoms with van der Waals surface area (Å²) in [7, 11) is 0. The Labute approximate surface area is 117 Å². The van der Waals surface area contributed by atoms with Crippen molar-refractivity contribution in [2.45, 2.75) is 18.9 Å². The van der Waals surface area contributed by atoms with Crippen LogP contribution in [-0.4, -0.2) is 30.7 Å². The van der Waals surface area contributed by atoms with Crippen LogP contribution in [0.2, 0.25) is 5.02 Å². The standard InChI is InChI=1S/C15H18ClN3/c16-11-5-14-13(3-4-17-14)15(6-11)19-8-10-1-2-12(9-19)18-7-10/h3-6,10,12,17-18H,1-2,7-9H2/t10-,12-/m0/s1. The lowest BCUT2D eigenvalue weighted by molar-refractivity contribution is 0.360. The van der Waals surface area contributed by atoms with Crippen molar-refractivity contribution in [1.82, 2.24) is 10.3 Å². The largest absolute Gasteiger partial charge is 0.369 e. The molecule has 0 aliphatic carbocycles. The zero-order valence-corrected chi connectivity index (χ0v) is 11.6. The van der Waals surface area contributed by atoms with Crippen LogP contribution in [0.5, 0.6) is 0 Å². The van der Waals surface area contributed by atoms with Crippen LogP contribution in [0.15, 0.2) is 24.4 Å². The number of benzene rings is 1. The number of rotatable bonds is 1. The number of aromatic nitrogens is 1. The Kier molecular flexibility index (Phi) is 2.71. The van der Waals surface area contributed by atoms with Gasteiger partial charge in [-0.05, 0) is 43.5 Å². The Balaban J connectivity index is 1.79. The van der Waals surface area contributed by atoms with E-state index in [2.05, 4.69) is 27.3 Å². The average molecular weight is 276 g/mol. The number of hydrogen-bond acceptors (Lipinski definition) is 2. The average Bonchev–Trinajstić information content (AvgIpc) is 2.68. The van der Waals surface area contributed by atoms with E-state index in [1.54, 1.807) is 0 Å². The van der Waals surface area contributed by atoms with Crippen molar-refractivity contribution in [3.63, 3.8) is 0 Å². The molecule has 5 rings (SSSR count). The van der Waals surface area contributed by atoms with Gasteiger partial charge in [0.2, 0.25) is 0 Å². The number of H-pyrrole nitrogens is 1. The molecule has 0 saturated carbocycles. The normalized spacial score (nSPS) is 26.9. The molecule has 3 nitrogen and oxygen atoms in total. The lowest BCUT2D eigenvalue weighted by Gasteiger charge is -2.25. The van der Waals surface area contributed by atoms with E-state index in [9.17, 15) is 0 Å². The third kappa shape index (κ3) is 2.01. The van der Waals surface area contributed by atoms with Gasteiger partial charge in [-0.15, -0.1) is 0 Å². The Bertz CT molecular complexity index is 584. The molecule has 4 heteroatoms. The van der Waals surface area contributed by atoms with Gasteiger partial charge in [-0.3, -0.25) is 0 Å². The number of aromatic amines is 1. The summed E-state index contributed by atoms with van der Waals surface area (Å²) in [5.74, 6) is 0.770. The molecule has 0 amide bonds. The molecule has 19 heavy (non-hydrogen) atoms. The Morgan fingerprint density at radius 1 is 1.21 bits per heavy atom. The first kappa shape index (κ1) is 11.6. The van der Waals surface area contributed by atoms with Gasteiger partial charge in [0, 0.05) is 46.9 Å². The number of nitrogens with zero attached hydrogens (tertiary/aromatic N) is 1. The predicted molar refractivity (Wildman–Crippen MR) is 80.0 cm³/mol. The minimum atomic E-state index is 0.631. The van der Waals surface area contributed by atoms with Gasteiger partial charge in [0.05, 0.1) is 0 Å². The van der Waals surface area contributed by atoms with Crippen LogP contribution in [0.1, 0.15) is 12.8 Å². The van der Waals surface area contributed by atoms with E-state index in [-0.39, 0.29) is 0 Å². The summed E-state index contributed by atoms with van der Waals surface area (Å²) in [6.07, 6.45) is 4.65. The molecule has 2 bridgehead atoms. The molecular formula is C15H18ClN3. The fourth-order valence-corrected chi connectivity index (χ4v) is 3.72. The maximum Gasteiger partial charge on any atom is 0.0489 e. The number of piperidine rings is 1. The number of nitrogens with one attached hydrogen (secondary N) is 2. The maximum absolute atomic E-state index is 6.27. The molecule has 0 spiro atoms. The molecular weight excluding hydrogens is 258 g/mol. The van der Waals surface area contributed by atoms with Crippen molar-refractivity contribution < 1.29 is 0 Å². The molecule has 1 aromatic carbocycles. The van der Waals surface area contributed by atoms with E-state index in [1.165, 1.54) is 23.9 Å². The topological polar surface area (TPSA) is 31.1 Å². The molecule has 2 atom stereocenters. The molecule has 0 unspecified atom stereocenters.